The van der Waals surface area contributed by atoms with Crippen LogP contribution in [0, 0.1) is 0 Å². The summed E-state index contributed by atoms with van der Waals surface area (Å²) in [5.41, 5.74) is 0.0322. The van der Waals surface area contributed by atoms with Crippen molar-refractivity contribution in [2.24, 2.45) is 0 Å². The standard InChI is InChI=1S/C11H15N3O4S/c1-3-12-8(15)6-14(2)11(18)13-9-7(10(16)17)4-5-19-9/h4-5H,3,6H2,1-2H3,(H,12,15)(H,13,18)(H,16,17). The summed E-state index contributed by atoms with van der Waals surface area (Å²) in [6, 6.07) is 0.878. The fraction of sp³-hybridized carbons (Fsp3) is 0.364. The summed E-state index contributed by atoms with van der Waals surface area (Å²) in [5.74, 6) is -1.38. The van der Waals surface area contributed by atoms with Crippen LogP contribution in [0.15, 0.2) is 11.4 Å². The topological polar surface area (TPSA) is 98.7 Å². The molecule has 19 heavy (non-hydrogen) atoms. The van der Waals surface area contributed by atoms with Gasteiger partial charge in [-0.2, -0.15) is 0 Å². The van der Waals surface area contributed by atoms with Gasteiger partial charge in [-0.1, -0.05) is 0 Å². The Kier molecular flexibility index (Phi) is 5.31. The fourth-order valence-corrected chi connectivity index (χ4v) is 2.08. The number of likely N-dealkylation sites (N-methyl/N-ethyl adjacent to an activating group) is 2. The van der Waals surface area contributed by atoms with Gasteiger partial charge in [0.05, 0.1) is 5.56 Å². The van der Waals surface area contributed by atoms with Crippen LogP contribution in [-0.4, -0.2) is 48.1 Å². The van der Waals surface area contributed by atoms with Crippen molar-refractivity contribution in [3.05, 3.63) is 17.0 Å². The number of carboxylic acid groups (broad SMARTS) is 1. The van der Waals surface area contributed by atoms with Crippen LogP contribution in [0.5, 0.6) is 0 Å². The molecule has 0 radical (unpaired) electrons. The molecule has 0 atom stereocenters. The van der Waals surface area contributed by atoms with Gasteiger partial charge in [0, 0.05) is 13.6 Å². The number of carbonyl (C=O) groups is 3. The predicted octanol–water partition coefficient (Wildman–Crippen LogP) is 1.05. The minimum absolute atomic E-state index is 0.0322. The molecule has 0 aromatic carbocycles. The number of nitrogens with zero attached hydrogens (tertiary/aromatic N) is 1. The maximum atomic E-state index is 11.8. The van der Waals surface area contributed by atoms with E-state index in [4.69, 9.17) is 5.11 Å². The zero-order valence-corrected chi connectivity index (χ0v) is 11.4. The molecule has 0 saturated heterocycles. The molecule has 1 heterocycles. The molecule has 0 saturated carbocycles. The van der Waals surface area contributed by atoms with Gasteiger partial charge in [-0.05, 0) is 18.4 Å². The Morgan fingerprint density at radius 2 is 2.11 bits per heavy atom. The number of nitrogens with one attached hydrogen (secondary N) is 2. The summed E-state index contributed by atoms with van der Waals surface area (Å²) in [6.07, 6.45) is 0. The molecule has 1 rings (SSSR count). The third-order valence-electron chi connectivity index (χ3n) is 2.22. The lowest BCUT2D eigenvalue weighted by atomic mass is 10.3. The number of anilines is 1. The van der Waals surface area contributed by atoms with E-state index in [1.807, 2.05) is 0 Å². The number of hydrogen-bond acceptors (Lipinski definition) is 4. The Hall–Kier alpha value is -2.09. The van der Waals surface area contributed by atoms with Gasteiger partial charge in [-0.25, -0.2) is 9.59 Å². The maximum absolute atomic E-state index is 11.8. The van der Waals surface area contributed by atoms with Gasteiger partial charge < -0.3 is 15.3 Å². The van der Waals surface area contributed by atoms with Gasteiger partial charge in [-0.3, -0.25) is 10.1 Å². The van der Waals surface area contributed by atoms with E-state index in [1.165, 1.54) is 18.0 Å². The Labute approximate surface area is 114 Å². The van der Waals surface area contributed by atoms with Crippen molar-refractivity contribution < 1.29 is 19.5 Å². The summed E-state index contributed by atoms with van der Waals surface area (Å²) in [6.45, 7) is 2.18. The monoisotopic (exact) mass is 285 g/mol. The number of thiophene rings is 1. The number of rotatable bonds is 5. The third kappa shape index (κ3) is 4.25. The molecule has 0 unspecified atom stereocenters. The van der Waals surface area contributed by atoms with Crippen molar-refractivity contribution in [3.8, 4) is 0 Å². The first-order valence-corrected chi connectivity index (χ1v) is 6.43. The molecule has 7 nitrogen and oxygen atoms in total. The van der Waals surface area contributed by atoms with Crippen LogP contribution in [-0.2, 0) is 4.79 Å². The van der Waals surface area contributed by atoms with Crippen LogP contribution >= 0.6 is 11.3 Å². The van der Waals surface area contributed by atoms with Gasteiger partial charge in [-0.15, -0.1) is 11.3 Å². The maximum Gasteiger partial charge on any atom is 0.338 e. The normalized spacial score (nSPS) is 9.79. The predicted molar refractivity (Wildman–Crippen MR) is 71.6 cm³/mol. The molecule has 0 bridgehead atoms. The molecule has 0 spiro atoms. The van der Waals surface area contributed by atoms with Gasteiger partial charge in [0.25, 0.3) is 0 Å². The molecule has 0 aliphatic heterocycles. The van der Waals surface area contributed by atoms with E-state index < -0.39 is 12.0 Å². The molecule has 1 aromatic rings. The summed E-state index contributed by atoms with van der Waals surface area (Å²) in [5, 5.41) is 15.8. The van der Waals surface area contributed by atoms with Crippen LogP contribution in [0.4, 0.5) is 9.80 Å². The van der Waals surface area contributed by atoms with E-state index in [2.05, 4.69) is 10.6 Å². The highest BCUT2D eigenvalue weighted by molar-refractivity contribution is 7.14. The summed E-state index contributed by atoms with van der Waals surface area (Å²) < 4.78 is 0. The van der Waals surface area contributed by atoms with E-state index in [0.29, 0.717) is 6.54 Å². The van der Waals surface area contributed by atoms with Gasteiger partial charge in [0.2, 0.25) is 5.91 Å². The third-order valence-corrected chi connectivity index (χ3v) is 3.05. The number of amides is 3. The Morgan fingerprint density at radius 1 is 1.42 bits per heavy atom. The highest BCUT2D eigenvalue weighted by atomic mass is 32.1. The lowest BCUT2D eigenvalue weighted by Crippen LogP contribution is -2.40. The van der Waals surface area contributed by atoms with Crippen molar-refractivity contribution in [2.45, 2.75) is 6.92 Å². The lowest BCUT2D eigenvalue weighted by Gasteiger charge is -2.16. The van der Waals surface area contributed by atoms with Crippen LogP contribution in [0.25, 0.3) is 0 Å². The smallest absolute Gasteiger partial charge is 0.338 e. The molecule has 8 heteroatoms. The average Bonchev–Trinajstić information content (AvgIpc) is 2.77. The first kappa shape index (κ1) is 15.0. The average molecular weight is 285 g/mol. The van der Waals surface area contributed by atoms with E-state index in [1.54, 1.807) is 12.3 Å². The van der Waals surface area contributed by atoms with E-state index in [0.717, 1.165) is 11.3 Å². The second kappa shape index (κ2) is 6.74. The van der Waals surface area contributed by atoms with Crippen LogP contribution in [0.1, 0.15) is 17.3 Å². The molecule has 0 aliphatic carbocycles. The minimum atomic E-state index is -1.11. The number of carboxylic acids is 1. The highest BCUT2D eigenvalue weighted by Crippen LogP contribution is 2.23. The Bertz CT molecular complexity index is 486. The van der Waals surface area contributed by atoms with Crippen molar-refractivity contribution in [1.82, 2.24) is 10.2 Å². The number of carbonyl (C=O) groups excluding carboxylic acids is 2. The van der Waals surface area contributed by atoms with Gasteiger partial charge >= 0.3 is 12.0 Å². The Morgan fingerprint density at radius 3 is 2.68 bits per heavy atom. The summed E-state index contributed by atoms with van der Waals surface area (Å²) in [4.78, 5) is 35.1. The van der Waals surface area contributed by atoms with Crippen LogP contribution in [0.2, 0.25) is 0 Å². The second-order valence-electron chi connectivity index (χ2n) is 3.71. The quantitative estimate of drug-likeness (QED) is 0.753. The first-order valence-electron chi connectivity index (χ1n) is 5.55. The zero-order chi connectivity index (χ0) is 14.4. The zero-order valence-electron chi connectivity index (χ0n) is 10.6. The summed E-state index contributed by atoms with van der Waals surface area (Å²) in [7, 11) is 1.46. The molecular weight excluding hydrogens is 270 g/mol. The largest absolute Gasteiger partial charge is 0.478 e. The number of aromatic carboxylic acids is 1. The molecular formula is C11H15N3O4S. The van der Waals surface area contributed by atoms with Crippen molar-refractivity contribution in [3.63, 3.8) is 0 Å². The van der Waals surface area contributed by atoms with Crippen molar-refractivity contribution in [1.29, 1.82) is 0 Å². The SMILES string of the molecule is CCNC(=O)CN(C)C(=O)Nc1sccc1C(=O)O. The summed E-state index contributed by atoms with van der Waals surface area (Å²) >= 11 is 1.11. The first-order chi connectivity index (χ1) is 8.95. The molecule has 1 aromatic heterocycles. The molecule has 0 fully saturated rings. The van der Waals surface area contributed by atoms with Crippen molar-refractivity contribution >= 4 is 34.2 Å². The van der Waals surface area contributed by atoms with E-state index in [-0.39, 0.29) is 23.0 Å². The van der Waals surface area contributed by atoms with Gasteiger partial charge in [0.1, 0.15) is 11.5 Å². The lowest BCUT2D eigenvalue weighted by molar-refractivity contribution is -0.121. The highest BCUT2D eigenvalue weighted by Gasteiger charge is 2.17. The second-order valence-corrected chi connectivity index (χ2v) is 4.62. The molecule has 104 valence electrons. The molecule has 3 N–H and O–H groups in total. The minimum Gasteiger partial charge on any atom is -0.478 e. The van der Waals surface area contributed by atoms with Gasteiger partial charge in [0.15, 0.2) is 0 Å². The van der Waals surface area contributed by atoms with Crippen LogP contribution < -0.4 is 10.6 Å². The number of urea groups is 1. The van der Waals surface area contributed by atoms with E-state index in [9.17, 15) is 14.4 Å². The van der Waals surface area contributed by atoms with Crippen molar-refractivity contribution in [2.75, 3.05) is 25.5 Å². The van der Waals surface area contributed by atoms with E-state index >= 15 is 0 Å². The fourth-order valence-electron chi connectivity index (χ4n) is 1.31. The molecule has 3 amide bonds. The Balaban J connectivity index is 2.61. The molecule has 0 aliphatic rings. The number of hydrogen-bond donors (Lipinski definition) is 3. The van der Waals surface area contributed by atoms with Crippen LogP contribution in [0.3, 0.4) is 0 Å².